The van der Waals surface area contributed by atoms with Gasteiger partial charge in [0, 0.05) is 22.0 Å². The number of nitrogens with one attached hydrogen (secondary N) is 1. The molecule has 0 atom stereocenters. The minimum Gasteiger partial charge on any atom is -0.497 e. The summed E-state index contributed by atoms with van der Waals surface area (Å²) in [5, 5.41) is 12.8. The molecule has 0 unspecified atom stereocenters. The summed E-state index contributed by atoms with van der Waals surface area (Å²) in [4.78, 5) is 12.5. The van der Waals surface area contributed by atoms with Gasteiger partial charge in [0.25, 0.3) is 0 Å². The van der Waals surface area contributed by atoms with Crippen LogP contribution in [0.3, 0.4) is 0 Å². The minimum atomic E-state index is -0.154. The van der Waals surface area contributed by atoms with E-state index < -0.39 is 0 Å². The Morgan fingerprint density at radius 3 is 2.50 bits per heavy atom. The molecule has 0 fully saturated rings. The summed E-state index contributed by atoms with van der Waals surface area (Å²) in [6.45, 7) is 2.04. The Kier molecular flexibility index (Phi) is 6.78. The first-order chi connectivity index (χ1) is 15.5. The second kappa shape index (κ2) is 9.89. The monoisotopic (exact) mass is 464 g/mol. The first-order valence-corrected chi connectivity index (χ1v) is 11.2. The highest BCUT2D eigenvalue weighted by Crippen LogP contribution is 2.29. The van der Waals surface area contributed by atoms with Crippen LogP contribution in [0.25, 0.3) is 17.1 Å². The largest absolute Gasteiger partial charge is 0.497 e. The molecule has 6 nitrogen and oxygen atoms in total. The van der Waals surface area contributed by atoms with Gasteiger partial charge in [0.2, 0.25) is 5.91 Å². The fourth-order valence-electron chi connectivity index (χ4n) is 3.11. The average molecular weight is 465 g/mol. The highest BCUT2D eigenvalue weighted by molar-refractivity contribution is 7.99. The molecule has 0 radical (unpaired) electrons. The number of aryl methyl sites for hydroxylation is 1. The number of rotatable bonds is 7. The van der Waals surface area contributed by atoms with Crippen LogP contribution in [0.4, 0.5) is 5.69 Å². The molecule has 1 aromatic heterocycles. The van der Waals surface area contributed by atoms with Gasteiger partial charge in [-0.3, -0.25) is 9.36 Å². The van der Waals surface area contributed by atoms with Crippen molar-refractivity contribution in [2.75, 3.05) is 18.2 Å². The average Bonchev–Trinajstić information content (AvgIpc) is 3.22. The molecule has 1 amide bonds. The Labute approximate surface area is 195 Å². The quantitative estimate of drug-likeness (QED) is 0.359. The smallest absolute Gasteiger partial charge is 0.234 e. The molecule has 8 heteroatoms. The third-order valence-electron chi connectivity index (χ3n) is 4.71. The topological polar surface area (TPSA) is 69.0 Å². The molecule has 0 aliphatic carbocycles. The number of hydrogen-bond donors (Lipinski definition) is 1. The van der Waals surface area contributed by atoms with E-state index in [2.05, 4.69) is 15.5 Å². The lowest BCUT2D eigenvalue weighted by molar-refractivity contribution is -0.113. The Morgan fingerprint density at radius 2 is 1.81 bits per heavy atom. The lowest BCUT2D eigenvalue weighted by atomic mass is 10.1. The van der Waals surface area contributed by atoms with Gasteiger partial charge in [-0.05, 0) is 49.4 Å². The zero-order valence-electron chi connectivity index (χ0n) is 17.6. The third kappa shape index (κ3) is 5.12. The molecule has 0 spiro atoms. The highest BCUT2D eigenvalue weighted by atomic mass is 35.5. The van der Waals surface area contributed by atoms with Crippen molar-refractivity contribution >= 4 is 35.0 Å². The van der Waals surface area contributed by atoms with E-state index in [1.165, 1.54) is 11.8 Å². The molecule has 1 N–H and O–H groups in total. The van der Waals surface area contributed by atoms with E-state index in [0.29, 0.717) is 21.7 Å². The van der Waals surface area contributed by atoms with Crippen LogP contribution in [0, 0.1) is 6.92 Å². The van der Waals surface area contributed by atoms with Crippen molar-refractivity contribution in [3.05, 3.63) is 83.4 Å². The van der Waals surface area contributed by atoms with Crippen molar-refractivity contribution in [3.8, 4) is 22.8 Å². The fourth-order valence-corrected chi connectivity index (χ4v) is 4.05. The van der Waals surface area contributed by atoms with Gasteiger partial charge in [-0.2, -0.15) is 0 Å². The van der Waals surface area contributed by atoms with Crippen LogP contribution in [0.2, 0.25) is 5.02 Å². The number of ether oxygens (including phenoxy) is 1. The molecular formula is C24H21ClN4O2S. The maximum atomic E-state index is 12.5. The zero-order chi connectivity index (χ0) is 22.5. The number of hydrogen-bond acceptors (Lipinski definition) is 5. The normalized spacial score (nSPS) is 10.7. The van der Waals surface area contributed by atoms with Crippen molar-refractivity contribution in [1.82, 2.24) is 14.8 Å². The predicted octanol–water partition coefficient (Wildman–Crippen LogP) is 5.64. The van der Waals surface area contributed by atoms with E-state index >= 15 is 0 Å². The summed E-state index contributed by atoms with van der Waals surface area (Å²) in [6.07, 6.45) is 0. The summed E-state index contributed by atoms with van der Waals surface area (Å²) in [7, 11) is 1.63. The number of nitrogens with zero attached hydrogens (tertiary/aromatic N) is 3. The lowest BCUT2D eigenvalue weighted by Crippen LogP contribution is -2.14. The fraction of sp³-hybridized carbons (Fsp3) is 0.125. The molecule has 0 aliphatic heterocycles. The van der Waals surface area contributed by atoms with Crippen LogP contribution in [0.15, 0.2) is 78.0 Å². The summed E-state index contributed by atoms with van der Waals surface area (Å²) in [5.41, 5.74) is 3.63. The SMILES string of the molecule is COc1ccc(-n2c(SCC(=O)Nc3cccc(Cl)c3)nnc2-c2ccc(C)cc2)cc1. The number of benzene rings is 3. The molecule has 0 aliphatic rings. The van der Waals surface area contributed by atoms with Gasteiger partial charge >= 0.3 is 0 Å². The van der Waals surface area contributed by atoms with E-state index in [-0.39, 0.29) is 11.7 Å². The van der Waals surface area contributed by atoms with Crippen molar-refractivity contribution in [2.45, 2.75) is 12.1 Å². The van der Waals surface area contributed by atoms with Crippen LogP contribution >= 0.6 is 23.4 Å². The molecule has 0 saturated heterocycles. The molecule has 3 aromatic carbocycles. The second-order valence-corrected chi connectivity index (χ2v) is 8.43. The molecule has 0 bridgehead atoms. The van der Waals surface area contributed by atoms with E-state index in [1.807, 2.05) is 60.0 Å². The Bertz CT molecular complexity index is 1220. The van der Waals surface area contributed by atoms with Gasteiger partial charge in [-0.25, -0.2) is 0 Å². The molecule has 0 saturated carbocycles. The van der Waals surface area contributed by atoms with Gasteiger partial charge in [0.15, 0.2) is 11.0 Å². The van der Waals surface area contributed by atoms with Gasteiger partial charge in [0.05, 0.1) is 12.9 Å². The van der Waals surface area contributed by atoms with E-state index in [1.54, 1.807) is 31.4 Å². The summed E-state index contributed by atoms with van der Waals surface area (Å²) in [5.74, 6) is 1.48. The number of amides is 1. The molecular weight excluding hydrogens is 444 g/mol. The first kappa shape index (κ1) is 21.9. The summed E-state index contributed by atoms with van der Waals surface area (Å²) >= 11 is 7.31. The van der Waals surface area contributed by atoms with Crippen LogP contribution in [0.1, 0.15) is 5.56 Å². The molecule has 1 heterocycles. The number of carbonyl (C=O) groups is 1. The van der Waals surface area contributed by atoms with Crippen molar-refractivity contribution < 1.29 is 9.53 Å². The van der Waals surface area contributed by atoms with Gasteiger partial charge in [-0.1, -0.05) is 59.3 Å². The molecule has 32 heavy (non-hydrogen) atoms. The molecule has 162 valence electrons. The van der Waals surface area contributed by atoms with E-state index in [9.17, 15) is 4.79 Å². The number of anilines is 1. The number of halogens is 1. The van der Waals surface area contributed by atoms with Crippen LogP contribution in [-0.4, -0.2) is 33.5 Å². The number of aromatic nitrogens is 3. The molecule has 4 rings (SSSR count). The number of methoxy groups -OCH3 is 1. The van der Waals surface area contributed by atoms with Crippen molar-refractivity contribution in [2.24, 2.45) is 0 Å². The highest BCUT2D eigenvalue weighted by Gasteiger charge is 2.17. The second-order valence-electron chi connectivity index (χ2n) is 7.05. The maximum absolute atomic E-state index is 12.5. The van der Waals surface area contributed by atoms with Crippen LogP contribution in [-0.2, 0) is 4.79 Å². The lowest BCUT2D eigenvalue weighted by Gasteiger charge is -2.11. The number of thioether (sulfide) groups is 1. The predicted molar refractivity (Wildman–Crippen MR) is 129 cm³/mol. The van der Waals surface area contributed by atoms with Gasteiger partial charge in [-0.15, -0.1) is 10.2 Å². The van der Waals surface area contributed by atoms with Gasteiger partial charge in [0.1, 0.15) is 5.75 Å². The molecule has 4 aromatic rings. The Hall–Kier alpha value is -3.29. The standard InChI is InChI=1S/C24H21ClN4O2S/c1-16-6-8-17(9-7-16)23-27-28-24(29(23)20-10-12-21(31-2)13-11-20)32-15-22(30)26-19-5-3-4-18(25)14-19/h3-14H,15H2,1-2H3,(H,26,30). The van der Waals surface area contributed by atoms with Crippen molar-refractivity contribution in [1.29, 1.82) is 0 Å². The third-order valence-corrected chi connectivity index (χ3v) is 5.88. The summed E-state index contributed by atoms with van der Waals surface area (Å²) < 4.78 is 7.23. The van der Waals surface area contributed by atoms with Crippen LogP contribution in [0.5, 0.6) is 5.75 Å². The van der Waals surface area contributed by atoms with Crippen LogP contribution < -0.4 is 10.1 Å². The minimum absolute atomic E-state index is 0.154. The van der Waals surface area contributed by atoms with E-state index in [4.69, 9.17) is 16.3 Å². The first-order valence-electron chi connectivity index (χ1n) is 9.88. The summed E-state index contributed by atoms with van der Waals surface area (Å²) in [6, 6.07) is 22.8. The van der Waals surface area contributed by atoms with Gasteiger partial charge < -0.3 is 10.1 Å². The maximum Gasteiger partial charge on any atom is 0.234 e. The Balaban J connectivity index is 1.61. The Morgan fingerprint density at radius 1 is 1.06 bits per heavy atom. The number of carbonyl (C=O) groups excluding carboxylic acids is 1. The zero-order valence-corrected chi connectivity index (χ0v) is 19.2. The van der Waals surface area contributed by atoms with Crippen molar-refractivity contribution in [3.63, 3.8) is 0 Å². The van der Waals surface area contributed by atoms with E-state index in [0.717, 1.165) is 22.6 Å².